The standard InChI is InChI=1S/4C5H5NO3S.5Hg.H3N.5H2O/c4*7-10(8,9)5-2-1-3-6-4-5;;;;;;;;;;;/h4*1-4H,(H,7,8,9);;;;;;1H3;5*1H2/q;;;;;;;;+1;;;;;;/p-5. The van der Waals surface area contributed by atoms with E-state index in [1.54, 1.807) is 0 Å². The third-order valence-corrected chi connectivity index (χ3v) is 6.97. The predicted octanol–water partition coefficient (Wildman–Crippen LogP) is -3.38. The Bertz CT molecular complexity index is 1520. The summed E-state index contributed by atoms with van der Waals surface area (Å²) in [5.74, 6) is 0. The van der Waals surface area contributed by atoms with Crippen molar-refractivity contribution in [2.24, 2.45) is 0 Å². The fourth-order valence-corrected chi connectivity index (χ4v) is 3.72. The molecule has 0 atom stereocenters. The molecule has 0 aliphatic rings. The van der Waals surface area contributed by atoms with Gasteiger partial charge in [-0.15, -0.1) is 0 Å². The molecule has 4 heterocycles. The first-order valence-corrected chi connectivity index (χ1v) is 15.5. The molecule has 4 aromatic rings. The van der Waals surface area contributed by atoms with Crippen LogP contribution in [-0.2, 0) is 179 Å². The van der Waals surface area contributed by atoms with Crippen molar-refractivity contribution in [1.29, 1.82) is 0 Å². The fraction of sp³-hybridized carbons (Fsp3) is 0. The minimum atomic E-state index is -4.32. The first kappa shape index (κ1) is 80.2. The molecule has 0 amide bonds. The Morgan fingerprint density at radius 3 is 0.588 bits per heavy atom. The summed E-state index contributed by atoms with van der Waals surface area (Å²) < 4.78 is 123. The molecular weight excluding hydrogens is 1710 g/mol. The molecule has 31 heteroatoms. The number of nitrogens with zero attached hydrogens (tertiary/aromatic N) is 4. The van der Waals surface area contributed by atoms with Crippen LogP contribution in [0.4, 0.5) is 0 Å². The van der Waals surface area contributed by atoms with Gasteiger partial charge in [-0.05, 0) is 48.5 Å². The second-order valence-electron chi connectivity index (χ2n) is 6.57. The molecule has 12 N–H and O–H groups in total. The van der Waals surface area contributed by atoms with Gasteiger partial charge in [0.1, 0.15) is 40.5 Å². The van der Waals surface area contributed by atoms with Crippen LogP contribution in [0.25, 0.3) is 0 Å². The molecule has 0 aromatic carbocycles. The maximum absolute atomic E-state index is 10.2. The van der Waals surface area contributed by atoms with Crippen LogP contribution in [0.1, 0.15) is 0 Å². The largest absolute Gasteiger partial charge is 1.00 e. The van der Waals surface area contributed by atoms with E-state index in [2.05, 4.69) is 19.9 Å². The first-order chi connectivity index (χ1) is 18.4. The fourth-order valence-electron chi connectivity index (χ4n) is 1.98. The summed E-state index contributed by atoms with van der Waals surface area (Å²) in [6.45, 7) is 0. The molecule has 0 aliphatic heterocycles. The zero-order valence-electron chi connectivity index (χ0n) is 26.2. The van der Waals surface area contributed by atoms with Gasteiger partial charge < -0.3 is 51.7 Å². The third-order valence-electron chi connectivity index (χ3n) is 3.69. The van der Waals surface area contributed by atoms with Crippen LogP contribution in [0.3, 0.4) is 0 Å². The van der Waals surface area contributed by atoms with Crippen molar-refractivity contribution in [2.45, 2.75) is 19.6 Å². The van der Waals surface area contributed by atoms with Crippen molar-refractivity contribution < 1.29 is 218 Å². The molecule has 0 spiro atoms. The van der Waals surface area contributed by atoms with Crippen molar-refractivity contribution in [3.05, 3.63) is 98.1 Å². The monoisotopic (exact) mass is 1750 g/mol. The van der Waals surface area contributed by atoms with Crippen LogP contribution >= 0.6 is 0 Å². The van der Waals surface area contributed by atoms with Crippen LogP contribution in [0.2, 0.25) is 0 Å². The van der Waals surface area contributed by atoms with Gasteiger partial charge in [0.2, 0.25) is 0 Å². The smallest absolute Gasteiger partial charge is 0.870 e. The average Bonchev–Trinajstić information content (AvgIpc) is 2.90. The SMILES string of the molecule is N.O.O.O.O.O=S(=O)([O-])c1cccnc1.O=S(=O)([O-])c1cccnc1.O=S(=O)([O-])c1cccnc1.O=S(=O)([O-])c1cccnc1.[Hg+].[Hg].[Hg].[Hg].[Hg].[OH-]. The third kappa shape index (κ3) is 37.4. The zero-order chi connectivity index (χ0) is 30.5. The summed E-state index contributed by atoms with van der Waals surface area (Å²) in [5, 5.41) is 0. The van der Waals surface area contributed by atoms with E-state index in [9.17, 15) is 51.9 Å². The Balaban J connectivity index is -0.0000000434. The quantitative estimate of drug-likeness (QED) is 0.154. The van der Waals surface area contributed by atoms with E-state index >= 15 is 0 Å². The predicted molar refractivity (Wildman–Crippen MR) is 150 cm³/mol. The summed E-state index contributed by atoms with van der Waals surface area (Å²) in [5.41, 5.74) is 0. The van der Waals surface area contributed by atoms with Gasteiger partial charge in [0.05, 0.1) is 19.6 Å². The number of hydrogen-bond acceptors (Lipinski definition) is 18. The molecule has 1 radical (unpaired) electrons. The zero-order valence-corrected chi connectivity index (χ0v) is 57.0. The van der Waals surface area contributed by atoms with Crippen LogP contribution < -0.4 is 6.15 Å². The van der Waals surface area contributed by atoms with Gasteiger partial charge in [0, 0.05) is 160 Å². The molecular formula is C20H28Hg5N5O17S4-4. The van der Waals surface area contributed by atoms with Crippen molar-refractivity contribution >= 4 is 40.5 Å². The molecule has 0 unspecified atom stereocenters. The van der Waals surface area contributed by atoms with Crippen LogP contribution in [0, 0.1) is 0 Å². The summed E-state index contributed by atoms with van der Waals surface area (Å²) in [6.07, 6.45) is 9.65. The van der Waals surface area contributed by atoms with Crippen LogP contribution in [0.15, 0.2) is 118 Å². The molecule has 22 nitrogen and oxygen atoms in total. The number of rotatable bonds is 4. The second kappa shape index (κ2) is 38.9. The van der Waals surface area contributed by atoms with Gasteiger partial charge in [-0.25, -0.2) is 33.7 Å². The molecule has 4 aromatic heterocycles. The van der Waals surface area contributed by atoms with Gasteiger partial charge in [-0.2, -0.15) is 0 Å². The van der Waals surface area contributed by atoms with Gasteiger partial charge in [0.15, 0.2) is 0 Å². The van der Waals surface area contributed by atoms with Gasteiger partial charge >= 0.3 is 27.7 Å². The molecule has 0 bridgehead atoms. The molecule has 0 saturated carbocycles. The number of pyridine rings is 4. The maximum atomic E-state index is 10.2. The van der Waals surface area contributed by atoms with Gasteiger partial charge in [0.25, 0.3) is 0 Å². The Labute approximate surface area is 396 Å². The molecule has 0 fully saturated rings. The van der Waals surface area contributed by atoms with Crippen molar-refractivity contribution in [3.8, 4) is 0 Å². The van der Waals surface area contributed by atoms with Gasteiger partial charge in [-0.1, -0.05) is 0 Å². The minimum absolute atomic E-state index is 0. The molecule has 51 heavy (non-hydrogen) atoms. The summed E-state index contributed by atoms with van der Waals surface area (Å²) in [7, 11) is -17.3. The Hall–Kier alpha value is 0.675. The Morgan fingerprint density at radius 2 is 0.529 bits per heavy atom. The molecule has 0 saturated heterocycles. The van der Waals surface area contributed by atoms with E-state index in [4.69, 9.17) is 0 Å². The second-order valence-corrected chi connectivity index (χ2v) is 12.1. The van der Waals surface area contributed by atoms with Crippen LogP contribution in [0.5, 0.6) is 0 Å². The summed E-state index contributed by atoms with van der Waals surface area (Å²) in [4.78, 5) is 12.7. The Kier molecular flexibility index (Phi) is 61.2. The van der Waals surface area contributed by atoms with Crippen molar-refractivity contribution in [1.82, 2.24) is 26.1 Å². The maximum Gasteiger partial charge on any atom is 1.00 e. The Morgan fingerprint density at radius 1 is 0.392 bits per heavy atom. The summed E-state index contributed by atoms with van der Waals surface area (Å²) >= 11 is 0. The van der Waals surface area contributed by atoms with E-state index in [1.165, 1.54) is 73.3 Å². The molecule has 273 valence electrons. The van der Waals surface area contributed by atoms with E-state index in [0.29, 0.717) is 0 Å². The molecule has 4 rings (SSSR count). The normalized spacial score (nSPS) is 8.86. The number of hydrogen-bond donors (Lipinski definition) is 1. The average molecular weight is 1740 g/mol. The van der Waals surface area contributed by atoms with E-state index in [0.717, 1.165) is 24.8 Å². The van der Waals surface area contributed by atoms with E-state index < -0.39 is 40.5 Å². The van der Waals surface area contributed by atoms with Crippen LogP contribution in [-0.4, -0.2) is 99.2 Å². The first-order valence-electron chi connectivity index (χ1n) is 9.86. The topological polar surface area (TPSA) is 471 Å². The number of aromatic nitrogens is 4. The van der Waals surface area contributed by atoms with E-state index in [-0.39, 0.29) is 191 Å². The summed E-state index contributed by atoms with van der Waals surface area (Å²) in [6, 6.07) is 10.4. The minimum Gasteiger partial charge on any atom is -0.870 e. The van der Waals surface area contributed by atoms with Crippen molar-refractivity contribution in [3.63, 3.8) is 0 Å². The van der Waals surface area contributed by atoms with Crippen molar-refractivity contribution in [2.75, 3.05) is 0 Å². The van der Waals surface area contributed by atoms with Gasteiger partial charge in [-0.3, -0.25) is 19.9 Å². The van der Waals surface area contributed by atoms with E-state index in [1.807, 2.05) is 0 Å². The molecule has 0 aliphatic carbocycles.